The predicted octanol–water partition coefficient (Wildman–Crippen LogP) is 1.59. The summed E-state index contributed by atoms with van der Waals surface area (Å²) in [6, 6.07) is 9.90. The Morgan fingerprint density at radius 1 is 1.12 bits per heavy atom. The van der Waals surface area contributed by atoms with Gasteiger partial charge in [0.25, 0.3) is 5.91 Å². The molecule has 1 aromatic carbocycles. The molecule has 1 aliphatic rings. The van der Waals surface area contributed by atoms with Crippen molar-refractivity contribution in [1.29, 1.82) is 0 Å². The van der Waals surface area contributed by atoms with Crippen molar-refractivity contribution in [2.45, 2.75) is 5.91 Å². The molecule has 2 heterocycles. The van der Waals surface area contributed by atoms with E-state index in [0.29, 0.717) is 13.2 Å². The van der Waals surface area contributed by atoms with Crippen molar-refractivity contribution in [3.63, 3.8) is 0 Å². The minimum atomic E-state index is -0.836. The van der Waals surface area contributed by atoms with Crippen molar-refractivity contribution in [2.75, 3.05) is 13.2 Å². The Labute approximate surface area is 93.4 Å². The number of imidazole rings is 1. The van der Waals surface area contributed by atoms with Crippen molar-refractivity contribution in [2.24, 2.45) is 0 Å². The van der Waals surface area contributed by atoms with Crippen molar-refractivity contribution in [3.8, 4) is 0 Å². The highest BCUT2D eigenvalue weighted by atomic mass is 16.8. The van der Waals surface area contributed by atoms with Crippen LogP contribution in [-0.2, 0) is 15.4 Å². The molecule has 3 rings (SSSR count). The first-order chi connectivity index (χ1) is 7.92. The van der Waals surface area contributed by atoms with Gasteiger partial charge in [0.05, 0.1) is 19.5 Å². The monoisotopic (exact) mass is 216 g/mol. The average Bonchev–Trinajstić information content (AvgIpc) is 3.02. The van der Waals surface area contributed by atoms with Crippen LogP contribution in [0.1, 0.15) is 5.56 Å². The molecule has 0 N–H and O–H groups in total. The smallest absolute Gasteiger partial charge is 0.285 e. The third-order valence-corrected chi connectivity index (χ3v) is 2.66. The molecule has 16 heavy (non-hydrogen) atoms. The summed E-state index contributed by atoms with van der Waals surface area (Å²) in [6.07, 6.45) is 5.27. The molecule has 4 nitrogen and oxygen atoms in total. The van der Waals surface area contributed by atoms with Crippen molar-refractivity contribution >= 4 is 0 Å². The first-order valence-corrected chi connectivity index (χ1v) is 5.24. The van der Waals surface area contributed by atoms with Gasteiger partial charge in [-0.1, -0.05) is 30.3 Å². The lowest BCUT2D eigenvalue weighted by molar-refractivity contribution is -0.188. The van der Waals surface area contributed by atoms with Crippen LogP contribution in [0.25, 0.3) is 0 Å². The lowest BCUT2D eigenvalue weighted by Gasteiger charge is -2.28. The number of hydrogen-bond donors (Lipinski definition) is 0. The Balaban J connectivity index is 2.11. The Morgan fingerprint density at radius 3 is 2.50 bits per heavy atom. The van der Waals surface area contributed by atoms with Gasteiger partial charge in [0, 0.05) is 18.0 Å². The lowest BCUT2D eigenvalue weighted by Crippen LogP contribution is -2.35. The van der Waals surface area contributed by atoms with Gasteiger partial charge in [-0.05, 0) is 0 Å². The van der Waals surface area contributed by atoms with Crippen LogP contribution in [0.15, 0.2) is 49.1 Å². The van der Waals surface area contributed by atoms with Gasteiger partial charge in [-0.25, -0.2) is 4.98 Å². The Hall–Kier alpha value is -1.65. The van der Waals surface area contributed by atoms with Gasteiger partial charge >= 0.3 is 0 Å². The molecule has 1 aliphatic heterocycles. The summed E-state index contributed by atoms with van der Waals surface area (Å²) in [4.78, 5) is 4.04. The minimum Gasteiger partial charge on any atom is -0.326 e. The van der Waals surface area contributed by atoms with Crippen LogP contribution in [-0.4, -0.2) is 22.8 Å². The number of ether oxygens (including phenoxy) is 2. The fourth-order valence-electron chi connectivity index (χ4n) is 1.95. The second-order valence-electron chi connectivity index (χ2n) is 3.61. The molecule has 0 spiro atoms. The van der Waals surface area contributed by atoms with E-state index in [9.17, 15) is 0 Å². The quantitative estimate of drug-likeness (QED) is 0.764. The minimum absolute atomic E-state index is 0.590. The summed E-state index contributed by atoms with van der Waals surface area (Å²) in [5, 5.41) is 0. The van der Waals surface area contributed by atoms with Crippen molar-refractivity contribution < 1.29 is 9.47 Å². The molecule has 0 atom stereocenters. The van der Waals surface area contributed by atoms with E-state index < -0.39 is 5.91 Å². The molecule has 82 valence electrons. The molecule has 1 saturated heterocycles. The molecule has 0 saturated carbocycles. The summed E-state index contributed by atoms with van der Waals surface area (Å²) < 4.78 is 13.4. The summed E-state index contributed by atoms with van der Waals surface area (Å²) in [7, 11) is 0. The Kier molecular flexibility index (Phi) is 2.23. The van der Waals surface area contributed by atoms with Crippen LogP contribution >= 0.6 is 0 Å². The molecule has 1 aromatic heterocycles. The van der Waals surface area contributed by atoms with E-state index in [-0.39, 0.29) is 0 Å². The van der Waals surface area contributed by atoms with Gasteiger partial charge in [-0.3, -0.25) is 4.57 Å². The fourth-order valence-corrected chi connectivity index (χ4v) is 1.95. The number of benzene rings is 1. The lowest BCUT2D eigenvalue weighted by atomic mass is 10.1. The topological polar surface area (TPSA) is 36.3 Å². The zero-order valence-corrected chi connectivity index (χ0v) is 8.74. The standard InChI is InChI=1S/C12H12N2O2/c1-2-4-11(5-3-1)12(15-8-9-16-12)14-7-6-13-10-14/h1-7,10H,8-9H2. The third kappa shape index (κ3) is 1.35. The number of rotatable bonds is 2. The van der Waals surface area contributed by atoms with Gasteiger partial charge in [-0.2, -0.15) is 0 Å². The van der Waals surface area contributed by atoms with E-state index in [0.717, 1.165) is 5.56 Å². The van der Waals surface area contributed by atoms with E-state index in [4.69, 9.17) is 9.47 Å². The zero-order chi connectivity index (χ0) is 10.8. The molecule has 0 aliphatic carbocycles. The molecule has 0 unspecified atom stereocenters. The predicted molar refractivity (Wildman–Crippen MR) is 57.6 cm³/mol. The summed E-state index contributed by atoms with van der Waals surface area (Å²) in [5.74, 6) is -0.836. The molecular formula is C12H12N2O2. The maximum atomic E-state index is 5.77. The highest BCUT2D eigenvalue weighted by molar-refractivity contribution is 5.21. The van der Waals surface area contributed by atoms with Crippen LogP contribution < -0.4 is 0 Å². The highest BCUT2D eigenvalue weighted by Crippen LogP contribution is 2.32. The van der Waals surface area contributed by atoms with Gasteiger partial charge in [0.2, 0.25) is 0 Å². The summed E-state index contributed by atoms with van der Waals surface area (Å²) in [5.41, 5.74) is 0.977. The maximum Gasteiger partial charge on any atom is 0.285 e. The first-order valence-electron chi connectivity index (χ1n) is 5.24. The molecule has 0 bridgehead atoms. The second-order valence-corrected chi connectivity index (χ2v) is 3.61. The van der Waals surface area contributed by atoms with Crippen LogP contribution in [0.3, 0.4) is 0 Å². The van der Waals surface area contributed by atoms with Crippen LogP contribution in [0, 0.1) is 0 Å². The van der Waals surface area contributed by atoms with E-state index in [1.54, 1.807) is 12.5 Å². The first kappa shape index (κ1) is 9.57. The largest absolute Gasteiger partial charge is 0.326 e. The van der Waals surface area contributed by atoms with Gasteiger partial charge in [0.1, 0.15) is 0 Å². The summed E-state index contributed by atoms with van der Waals surface area (Å²) in [6.45, 7) is 1.18. The SMILES string of the molecule is c1ccc(C2(n3ccnc3)OCCO2)cc1. The Bertz CT molecular complexity index is 447. The van der Waals surface area contributed by atoms with E-state index in [2.05, 4.69) is 4.98 Å². The molecule has 2 aromatic rings. The molecule has 4 heteroatoms. The van der Waals surface area contributed by atoms with Crippen LogP contribution in [0.2, 0.25) is 0 Å². The molecule has 0 radical (unpaired) electrons. The number of aromatic nitrogens is 2. The van der Waals surface area contributed by atoms with Gasteiger partial charge in [-0.15, -0.1) is 0 Å². The second kappa shape index (κ2) is 3.73. The number of nitrogens with zero attached hydrogens (tertiary/aromatic N) is 2. The van der Waals surface area contributed by atoms with Crippen LogP contribution in [0.4, 0.5) is 0 Å². The normalized spacial score (nSPS) is 18.8. The van der Waals surface area contributed by atoms with E-state index in [1.165, 1.54) is 0 Å². The zero-order valence-electron chi connectivity index (χ0n) is 8.74. The fraction of sp³-hybridized carbons (Fsp3) is 0.250. The summed E-state index contributed by atoms with van der Waals surface area (Å²) >= 11 is 0. The maximum absolute atomic E-state index is 5.77. The van der Waals surface area contributed by atoms with E-state index in [1.807, 2.05) is 41.1 Å². The molecular weight excluding hydrogens is 204 g/mol. The van der Waals surface area contributed by atoms with Crippen molar-refractivity contribution in [1.82, 2.24) is 9.55 Å². The van der Waals surface area contributed by atoms with E-state index >= 15 is 0 Å². The molecule has 0 amide bonds. The van der Waals surface area contributed by atoms with Crippen molar-refractivity contribution in [3.05, 3.63) is 54.6 Å². The Morgan fingerprint density at radius 2 is 1.88 bits per heavy atom. The molecule has 1 fully saturated rings. The highest BCUT2D eigenvalue weighted by Gasteiger charge is 2.40. The van der Waals surface area contributed by atoms with Gasteiger partial charge < -0.3 is 9.47 Å². The number of hydrogen-bond acceptors (Lipinski definition) is 3. The average molecular weight is 216 g/mol. The van der Waals surface area contributed by atoms with Crippen LogP contribution in [0.5, 0.6) is 0 Å². The third-order valence-electron chi connectivity index (χ3n) is 2.66. The van der Waals surface area contributed by atoms with Gasteiger partial charge in [0.15, 0.2) is 0 Å².